The third-order valence-electron chi connectivity index (χ3n) is 2.44. The average molecular weight is 199 g/mol. The van der Waals surface area contributed by atoms with Crippen LogP contribution < -0.4 is 0 Å². The van der Waals surface area contributed by atoms with Crippen molar-refractivity contribution in [1.82, 2.24) is 9.55 Å². The zero-order chi connectivity index (χ0) is 11.1. The van der Waals surface area contributed by atoms with Crippen molar-refractivity contribution in [2.45, 2.75) is 26.3 Å². The van der Waals surface area contributed by atoms with E-state index in [2.05, 4.69) is 31.8 Å². The molecule has 3 heteroatoms. The largest absolute Gasteiger partial charge is 0.333 e. The summed E-state index contributed by atoms with van der Waals surface area (Å²) < 4.78 is 2.00. The van der Waals surface area contributed by atoms with Crippen molar-refractivity contribution < 1.29 is 0 Å². The van der Waals surface area contributed by atoms with Crippen molar-refractivity contribution in [3.63, 3.8) is 0 Å². The monoisotopic (exact) mass is 199 g/mol. The Bertz CT molecular complexity index is 538. The fourth-order valence-electron chi connectivity index (χ4n) is 1.70. The maximum absolute atomic E-state index is 9.18. The predicted molar refractivity (Wildman–Crippen MR) is 59.4 cm³/mol. The van der Waals surface area contributed by atoms with E-state index in [1.165, 1.54) is 0 Å². The minimum atomic E-state index is -0.0793. The van der Waals surface area contributed by atoms with Crippen LogP contribution in [0.25, 0.3) is 10.8 Å². The van der Waals surface area contributed by atoms with E-state index in [0.717, 1.165) is 10.8 Å². The Morgan fingerprint density at radius 2 is 2.13 bits per heavy atom. The van der Waals surface area contributed by atoms with Crippen molar-refractivity contribution in [1.29, 1.82) is 5.26 Å². The first-order valence-corrected chi connectivity index (χ1v) is 4.89. The Kier molecular flexibility index (Phi) is 2.01. The van der Waals surface area contributed by atoms with E-state index in [9.17, 15) is 5.26 Å². The van der Waals surface area contributed by atoms with Gasteiger partial charge in [-0.25, -0.2) is 0 Å². The van der Waals surface area contributed by atoms with Gasteiger partial charge in [0.05, 0.1) is 0 Å². The molecule has 15 heavy (non-hydrogen) atoms. The Morgan fingerprint density at radius 1 is 1.40 bits per heavy atom. The summed E-state index contributed by atoms with van der Waals surface area (Å²) in [6, 6.07) is 4.15. The predicted octanol–water partition coefficient (Wildman–Crippen LogP) is 2.66. The number of hydrogen-bond acceptors (Lipinski definition) is 2. The molecule has 76 valence electrons. The second-order valence-electron chi connectivity index (χ2n) is 4.59. The molecule has 2 rings (SSSR count). The smallest absolute Gasteiger partial charge is 0.128 e. The Balaban J connectivity index is 2.83. The minimum Gasteiger partial charge on any atom is -0.333 e. The van der Waals surface area contributed by atoms with E-state index in [1.807, 2.05) is 16.8 Å². The normalized spacial score (nSPS) is 11.6. The Labute approximate surface area is 89.0 Å². The first-order chi connectivity index (χ1) is 7.04. The lowest BCUT2D eigenvalue weighted by atomic mass is 10.1. The van der Waals surface area contributed by atoms with Crippen molar-refractivity contribution >= 4 is 10.8 Å². The standard InChI is InChI=1S/C12H13N3/c1-12(2,3)15-8-9-7-14-5-4-10(9)11(15)6-13/h4-5,7-8H,1-3H3. The molecule has 0 aromatic carbocycles. The van der Waals surface area contributed by atoms with Crippen LogP contribution in [-0.2, 0) is 5.54 Å². The Hall–Kier alpha value is -1.82. The van der Waals surface area contributed by atoms with E-state index >= 15 is 0 Å². The zero-order valence-corrected chi connectivity index (χ0v) is 9.15. The molecule has 0 bridgehead atoms. The van der Waals surface area contributed by atoms with Crippen LogP contribution in [-0.4, -0.2) is 9.55 Å². The number of aromatic nitrogens is 2. The van der Waals surface area contributed by atoms with E-state index < -0.39 is 0 Å². The SMILES string of the molecule is CC(C)(C)n1cc2cnccc2c1C#N. The van der Waals surface area contributed by atoms with Crippen molar-refractivity contribution in [3.8, 4) is 6.07 Å². The van der Waals surface area contributed by atoms with Crippen LogP contribution in [0, 0.1) is 11.3 Å². The quantitative estimate of drug-likeness (QED) is 0.654. The molecule has 0 spiro atoms. The van der Waals surface area contributed by atoms with E-state index in [1.54, 1.807) is 12.4 Å². The highest BCUT2D eigenvalue weighted by Gasteiger charge is 2.18. The molecule has 0 N–H and O–H groups in total. The van der Waals surface area contributed by atoms with Gasteiger partial charge in [-0.3, -0.25) is 4.98 Å². The topological polar surface area (TPSA) is 41.6 Å². The lowest BCUT2D eigenvalue weighted by molar-refractivity contribution is 0.396. The third kappa shape index (κ3) is 1.48. The van der Waals surface area contributed by atoms with E-state index in [0.29, 0.717) is 5.69 Å². The van der Waals surface area contributed by atoms with Gasteiger partial charge in [-0.2, -0.15) is 5.26 Å². The highest BCUT2D eigenvalue weighted by Crippen LogP contribution is 2.25. The molecule has 2 aromatic rings. The number of pyridine rings is 1. The van der Waals surface area contributed by atoms with Crippen molar-refractivity contribution in [3.05, 3.63) is 30.4 Å². The fraction of sp³-hybridized carbons (Fsp3) is 0.333. The van der Waals surface area contributed by atoms with Gasteiger partial charge in [-0.15, -0.1) is 0 Å². The highest BCUT2D eigenvalue weighted by molar-refractivity contribution is 5.86. The molecule has 0 fully saturated rings. The van der Waals surface area contributed by atoms with E-state index in [4.69, 9.17) is 0 Å². The summed E-state index contributed by atoms with van der Waals surface area (Å²) in [7, 11) is 0. The summed E-state index contributed by atoms with van der Waals surface area (Å²) in [6.07, 6.45) is 5.50. The van der Waals surface area contributed by atoms with Gasteiger partial charge in [0.2, 0.25) is 0 Å². The summed E-state index contributed by atoms with van der Waals surface area (Å²) in [5.74, 6) is 0. The van der Waals surface area contributed by atoms with Crippen LogP contribution in [0.3, 0.4) is 0 Å². The summed E-state index contributed by atoms with van der Waals surface area (Å²) in [4.78, 5) is 4.06. The van der Waals surface area contributed by atoms with Crippen LogP contribution in [0.15, 0.2) is 24.7 Å². The number of nitrogens with zero attached hydrogens (tertiary/aromatic N) is 3. The fourth-order valence-corrected chi connectivity index (χ4v) is 1.70. The maximum Gasteiger partial charge on any atom is 0.128 e. The minimum absolute atomic E-state index is 0.0793. The number of nitriles is 1. The molecule has 0 atom stereocenters. The lowest BCUT2D eigenvalue weighted by Crippen LogP contribution is -2.22. The molecule has 3 nitrogen and oxygen atoms in total. The molecular formula is C12H13N3. The van der Waals surface area contributed by atoms with Gasteiger partial charge in [0, 0.05) is 34.9 Å². The van der Waals surface area contributed by atoms with Gasteiger partial charge in [0.25, 0.3) is 0 Å². The molecule has 2 aromatic heterocycles. The first kappa shape index (κ1) is 9.72. The van der Waals surface area contributed by atoms with Gasteiger partial charge in [0.1, 0.15) is 11.8 Å². The number of rotatable bonds is 0. The zero-order valence-electron chi connectivity index (χ0n) is 9.15. The van der Waals surface area contributed by atoms with E-state index in [-0.39, 0.29) is 5.54 Å². The van der Waals surface area contributed by atoms with Gasteiger partial charge in [-0.1, -0.05) is 0 Å². The molecule has 0 aliphatic rings. The average Bonchev–Trinajstić information content (AvgIpc) is 2.55. The molecule has 0 aliphatic carbocycles. The van der Waals surface area contributed by atoms with Crippen LogP contribution >= 0.6 is 0 Å². The molecule has 0 amide bonds. The second kappa shape index (κ2) is 3.09. The second-order valence-corrected chi connectivity index (χ2v) is 4.59. The van der Waals surface area contributed by atoms with Gasteiger partial charge < -0.3 is 4.57 Å². The molecule has 0 unspecified atom stereocenters. The molecular weight excluding hydrogens is 186 g/mol. The number of hydrogen-bond donors (Lipinski definition) is 0. The summed E-state index contributed by atoms with van der Waals surface area (Å²) in [5.41, 5.74) is 0.629. The van der Waals surface area contributed by atoms with Crippen molar-refractivity contribution in [2.24, 2.45) is 0 Å². The highest BCUT2D eigenvalue weighted by atomic mass is 15.0. The summed E-state index contributed by atoms with van der Waals surface area (Å²) in [5, 5.41) is 11.2. The molecule has 0 aliphatic heterocycles. The van der Waals surface area contributed by atoms with Crippen LogP contribution in [0.4, 0.5) is 0 Å². The number of fused-ring (bicyclic) bond motifs is 1. The summed E-state index contributed by atoms with van der Waals surface area (Å²) >= 11 is 0. The maximum atomic E-state index is 9.18. The van der Waals surface area contributed by atoms with Crippen LogP contribution in [0.2, 0.25) is 0 Å². The molecule has 2 heterocycles. The third-order valence-corrected chi connectivity index (χ3v) is 2.44. The molecule has 0 saturated heterocycles. The molecule has 0 radical (unpaired) electrons. The van der Waals surface area contributed by atoms with Crippen LogP contribution in [0.1, 0.15) is 26.5 Å². The van der Waals surface area contributed by atoms with Gasteiger partial charge >= 0.3 is 0 Å². The Morgan fingerprint density at radius 3 is 2.73 bits per heavy atom. The van der Waals surface area contributed by atoms with Gasteiger partial charge in [0.15, 0.2) is 0 Å². The van der Waals surface area contributed by atoms with Crippen molar-refractivity contribution in [2.75, 3.05) is 0 Å². The van der Waals surface area contributed by atoms with Crippen LogP contribution in [0.5, 0.6) is 0 Å². The summed E-state index contributed by atoms with van der Waals surface area (Å²) in [6.45, 7) is 6.25. The molecule has 0 saturated carbocycles. The first-order valence-electron chi connectivity index (χ1n) is 4.89. The van der Waals surface area contributed by atoms with Gasteiger partial charge in [-0.05, 0) is 26.8 Å². The lowest BCUT2D eigenvalue weighted by Gasteiger charge is -2.22.